The van der Waals surface area contributed by atoms with Gasteiger partial charge in [-0.2, -0.15) is 0 Å². The fraction of sp³-hybridized carbons (Fsp3) is 0. The molecule has 1 aromatic rings. The van der Waals surface area contributed by atoms with Crippen molar-refractivity contribution in [2.75, 3.05) is 0 Å². The van der Waals surface area contributed by atoms with E-state index in [1.165, 1.54) is 45.5 Å². The highest BCUT2D eigenvalue weighted by molar-refractivity contribution is 14.2. The Balaban J connectivity index is 3.20. The molecule has 0 spiro atoms. The van der Waals surface area contributed by atoms with Crippen LogP contribution in [-0.2, 0) is 7.01 Å². The van der Waals surface area contributed by atoms with Crippen LogP contribution in [0.2, 0.25) is 0 Å². The predicted octanol–water partition coefficient (Wildman–Crippen LogP) is 1.52. The van der Waals surface area contributed by atoms with Crippen molar-refractivity contribution in [2.24, 2.45) is 0 Å². The van der Waals surface area contributed by atoms with E-state index in [0.29, 0.717) is 0 Å². The maximum Gasteiger partial charge on any atom is 0.231 e. The molecule has 0 atom stereocenters. The van der Waals surface area contributed by atoms with Crippen molar-refractivity contribution in [3.63, 3.8) is 0 Å². The molecule has 0 unspecified atom stereocenters. The first kappa shape index (κ1) is 8.79. The van der Waals surface area contributed by atoms with Gasteiger partial charge in [0.05, 0.1) is 26.1 Å². The van der Waals surface area contributed by atoms with E-state index in [1.54, 1.807) is 0 Å². The summed E-state index contributed by atoms with van der Waals surface area (Å²) in [7, 11) is -3.16. The van der Waals surface area contributed by atoms with Gasteiger partial charge in [0.2, 0.25) is 7.01 Å². The van der Waals surface area contributed by atoms with Gasteiger partial charge in [-0.05, 0) is 24.3 Å². The van der Waals surface area contributed by atoms with Gasteiger partial charge < -0.3 is 5.11 Å². The molecule has 5 heteroatoms. The molecule has 0 amide bonds. The minimum absolute atomic E-state index is 0.0637. The van der Waals surface area contributed by atoms with Crippen LogP contribution in [0.1, 0.15) is 0 Å². The third-order valence-corrected chi connectivity index (χ3v) is 3.48. The van der Waals surface area contributed by atoms with Crippen LogP contribution in [0.5, 0.6) is 5.75 Å². The van der Waals surface area contributed by atoms with Gasteiger partial charge in [-0.25, -0.2) is 8.42 Å². The number of hydrogen-bond acceptors (Lipinski definition) is 3. The standard InChI is InChI=1S/C6H5IO3S/c7-11(9,10)6-3-1-5(8)2-4-6/h1-4,8H. The monoisotopic (exact) mass is 284 g/mol. The Morgan fingerprint density at radius 2 is 1.64 bits per heavy atom. The SMILES string of the molecule is O=S(=O)(I)c1ccc(O)cc1. The maximum absolute atomic E-state index is 10.8. The number of phenols is 1. The molecule has 1 rings (SSSR count). The topological polar surface area (TPSA) is 54.4 Å². The Morgan fingerprint density at radius 1 is 1.18 bits per heavy atom. The van der Waals surface area contributed by atoms with Crippen molar-refractivity contribution in [2.45, 2.75) is 4.90 Å². The summed E-state index contributed by atoms with van der Waals surface area (Å²) in [6.45, 7) is 0. The first-order chi connectivity index (χ1) is 5.00. The van der Waals surface area contributed by atoms with Crippen LogP contribution in [0.15, 0.2) is 29.2 Å². The lowest BCUT2D eigenvalue weighted by Crippen LogP contribution is -1.87. The molecule has 1 aromatic carbocycles. The highest BCUT2D eigenvalue weighted by atomic mass is 127. The van der Waals surface area contributed by atoms with Crippen LogP contribution in [0, 0.1) is 0 Å². The molecule has 0 bridgehead atoms. The molecule has 0 fully saturated rings. The average molecular weight is 284 g/mol. The van der Waals surface area contributed by atoms with E-state index in [4.69, 9.17) is 5.11 Å². The third-order valence-electron chi connectivity index (χ3n) is 1.12. The van der Waals surface area contributed by atoms with Gasteiger partial charge in [0.25, 0.3) is 0 Å². The molecule has 0 aliphatic carbocycles. The molecule has 1 N–H and O–H groups in total. The molecule has 0 saturated heterocycles. The number of aromatic hydroxyl groups is 1. The van der Waals surface area contributed by atoms with Crippen molar-refractivity contribution in [1.29, 1.82) is 0 Å². The third kappa shape index (κ3) is 2.33. The zero-order valence-corrected chi connectivity index (χ0v) is 8.33. The quantitative estimate of drug-likeness (QED) is 0.628. The molecule has 3 nitrogen and oxygen atoms in total. The van der Waals surface area contributed by atoms with Gasteiger partial charge in [0.15, 0.2) is 0 Å². The molecule has 0 radical (unpaired) electrons. The second-order valence-electron chi connectivity index (χ2n) is 1.93. The number of benzene rings is 1. The molecular weight excluding hydrogens is 279 g/mol. The normalized spacial score (nSPS) is 11.4. The minimum Gasteiger partial charge on any atom is -0.508 e. The van der Waals surface area contributed by atoms with E-state index < -0.39 is 7.01 Å². The van der Waals surface area contributed by atoms with Gasteiger partial charge in [-0.1, -0.05) is 0 Å². The lowest BCUT2D eigenvalue weighted by Gasteiger charge is -1.94. The number of halogens is 1. The van der Waals surface area contributed by atoms with Crippen LogP contribution in [0.4, 0.5) is 0 Å². The Morgan fingerprint density at radius 3 is 2.00 bits per heavy atom. The zero-order valence-electron chi connectivity index (χ0n) is 5.36. The maximum atomic E-state index is 10.8. The Kier molecular flexibility index (Phi) is 2.38. The minimum atomic E-state index is -3.16. The van der Waals surface area contributed by atoms with Gasteiger partial charge >= 0.3 is 0 Å². The van der Waals surface area contributed by atoms with E-state index in [0.717, 1.165) is 0 Å². The summed E-state index contributed by atoms with van der Waals surface area (Å²) in [5.41, 5.74) is 0. The fourth-order valence-corrected chi connectivity index (χ4v) is 1.95. The average Bonchev–Trinajstić information content (AvgIpc) is 1.86. The molecule has 0 aliphatic rings. The summed E-state index contributed by atoms with van der Waals surface area (Å²) in [6, 6.07) is 5.39. The van der Waals surface area contributed by atoms with Crippen LogP contribution < -0.4 is 0 Å². The molecule has 0 heterocycles. The van der Waals surface area contributed by atoms with Crippen molar-refractivity contribution in [1.82, 2.24) is 0 Å². The van der Waals surface area contributed by atoms with Crippen LogP contribution in [0.3, 0.4) is 0 Å². The number of phenolic OH excluding ortho intramolecular Hbond substituents is 1. The fourth-order valence-electron chi connectivity index (χ4n) is 0.609. The highest BCUT2D eigenvalue weighted by Gasteiger charge is 2.07. The van der Waals surface area contributed by atoms with Gasteiger partial charge in [0.1, 0.15) is 5.75 Å². The molecule has 60 valence electrons. The molecule has 0 aromatic heterocycles. The van der Waals surface area contributed by atoms with Gasteiger partial charge in [-0.15, -0.1) is 0 Å². The highest BCUT2D eigenvalue weighted by Crippen LogP contribution is 2.19. The number of rotatable bonds is 1. The van der Waals surface area contributed by atoms with E-state index >= 15 is 0 Å². The predicted molar refractivity (Wildman–Crippen MR) is 49.3 cm³/mol. The van der Waals surface area contributed by atoms with Gasteiger partial charge in [0, 0.05) is 0 Å². The largest absolute Gasteiger partial charge is 0.508 e. The molecule has 0 saturated carbocycles. The smallest absolute Gasteiger partial charge is 0.231 e. The Labute approximate surface area is 76.6 Å². The van der Waals surface area contributed by atoms with E-state index in [-0.39, 0.29) is 10.6 Å². The zero-order chi connectivity index (χ0) is 8.48. The molecule has 0 aliphatic heterocycles. The van der Waals surface area contributed by atoms with Crippen molar-refractivity contribution >= 4 is 28.2 Å². The van der Waals surface area contributed by atoms with Crippen molar-refractivity contribution in [3.05, 3.63) is 24.3 Å². The lowest BCUT2D eigenvalue weighted by atomic mass is 10.3. The first-order valence-electron chi connectivity index (χ1n) is 2.74. The van der Waals surface area contributed by atoms with E-state index in [1.807, 2.05) is 0 Å². The summed E-state index contributed by atoms with van der Waals surface area (Å²) in [6.07, 6.45) is 0. The van der Waals surface area contributed by atoms with Crippen molar-refractivity contribution < 1.29 is 13.5 Å². The summed E-state index contributed by atoms with van der Waals surface area (Å²) in [5.74, 6) is 0.0637. The Bertz CT molecular complexity index is 341. The second kappa shape index (κ2) is 2.98. The lowest BCUT2D eigenvalue weighted by molar-refractivity contribution is 0.475. The second-order valence-corrected chi connectivity index (χ2v) is 6.76. The summed E-state index contributed by atoms with van der Waals surface area (Å²) in [4.78, 5) is 0.205. The summed E-state index contributed by atoms with van der Waals surface area (Å²) >= 11 is 1.34. The first-order valence-corrected chi connectivity index (χ1v) is 6.76. The van der Waals surface area contributed by atoms with Gasteiger partial charge in [-0.3, -0.25) is 0 Å². The number of hydrogen-bond donors (Lipinski definition) is 1. The van der Waals surface area contributed by atoms with Crippen LogP contribution >= 0.6 is 21.2 Å². The molecular formula is C6H5IO3S. The Hall–Kier alpha value is -0.300. The van der Waals surface area contributed by atoms with Crippen LogP contribution in [0.25, 0.3) is 0 Å². The molecule has 11 heavy (non-hydrogen) atoms. The summed E-state index contributed by atoms with van der Waals surface area (Å²) < 4.78 is 21.7. The van der Waals surface area contributed by atoms with Crippen LogP contribution in [-0.4, -0.2) is 13.5 Å². The van der Waals surface area contributed by atoms with E-state index in [9.17, 15) is 8.42 Å². The van der Waals surface area contributed by atoms with E-state index in [2.05, 4.69) is 0 Å². The van der Waals surface area contributed by atoms with Crippen molar-refractivity contribution in [3.8, 4) is 5.75 Å². The summed E-state index contributed by atoms with van der Waals surface area (Å²) in [5, 5.41) is 8.83.